The van der Waals surface area contributed by atoms with Crippen LogP contribution in [0.5, 0.6) is 0 Å². The summed E-state index contributed by atoms with van der Waals surface area (Å²) in [6, 6.07) is 0. The van der Waals surface area contributed by atoms with E-state index < -0.39 is 39.0 Å². The zero-order valence-corrected chi connectivity index (χ0v) is 15.9. The molecule has 0 aromatic carbocycles. The van der Waals surface area contributed by atoms with E-state index in [4.69, 9.17) is 20.3 Å². The van der Waals surface area contributed by atoms with Crippen molar-refractivity contribution in [3.05, 3.63) is 12.7 Å². The number of rotatable bonds is 4. The molecule has 8 N–H and O–H groups in total. The molecule has 15 heteroatoms. The summed E-state index contributed by atoms with van der Waals surface area (Å²) in [6.45, 7) is -0.609. The first-order valence-electron chi connectivity index (χ1n) is 6.43. The maximum Gasteiger partial charge on any atom is 0.470 e. The van der Waals surface area contributed by atoms with Gasteiger partial charge in [-0.05, 0) is 0 Å². The van der Waals surface area contributed by atoms with Crippen molar-refractivity contribution in [3.63, 3.8) is 0 Å². The molecule has 1 saturated heterocycles. The molecule has 1 radical (unpaired) electrons. The average Bonchev–Trinajstić information content (AvgIpc) is 3.01. The van der Waals surface area contributed by atoms with Crippen molar-refractivity contribution in [1.29, 1.82) is 0 Å². The molecule has 4 atom stereocenters. The van der Waals surface area contributed by atoms with E-state index in [0.29, 0.717) is 0 Å². The van der Waals surface area contributed by atoms with Crippen LogP contribution >= 0.6 is 7.82 Å². The number of fused-ring (bicyclic) bond motifs is 1. The molecule has 0 unspecified atom stereocenters. The van der Waals surface area contributed by atoms with Crippen molar-refractivity contribution in [2.24, 2.45) is 0 Å². The fraction of sp³-hybridized carbons (Fsp3) is 0.500. The number of nitrogens with two attached hydrogens (primary N) is 1. The van der Waals surface area contributed by atoms with Crippen LogP contribution in [0.1, 0.15) is 6.23 Å². The molecular formula is C10H16N5NaO8P. The number of hydrogen-bond donors (Lipinski definition) is 5. The van der Waals surface area contributed by atoms with Crippen LogP contribution in [0.2, 0.25) is 0 Å². The molecule has 1 fully saturated rings. The van der Waals surface area contributed by atoms with Crippen molar-refractivity contribution < 1.29 is 39.3 Å². The Hall–Kier alpha value is -0.700. The summed E-state index contributed by atoms with van der Waals surface area (Å²) in [4.78, 5) is 29.6. The number of imidazole rings is 1. The van der Waals surface area contributed by atoms with E-state index in [9.17, 15) is 14.8 Å². The Morgan fingerprint density at radius 3 is 2.64 bits per heavy atom. The van der Waals surface area contributed by atoms with Crippen molar-refractivity contribution in [2.75, 3.05) is 12.3 Å². The maximum atomic E-state index is 11.0. The van der Waals surface area contributed by atoms with Gasteiger partial charge in [-0.1, -0.05) is 0 Å². The second-order valence-corrected chi connectivity index (χ2v) is 6.07. The van der Waals surface area contributed by atoms with E-state index in [0.717, 1.165) is 0 Å². The van der Waals surface area contributed by atoms with Crippen molar-refractivity contribution in [1.82, 2.24) is 19.5 Å². The number of anilines is 1. The Morgan fingerprint density at radius 1 is 1.36 bits per heavy atom. The standard InChI is InChI=1S/C10H14N5O7P.Na.H2O/c11-8-5-9(13-2-12-8)15(3-14-5)10-6(17)7(4(1-16)21-10)22-23(18,19)20;;/h2-4,6-7,10,16-17H,1H2,(H2,11,12,13)(H2,18,19,20);;1H2/t4-,6-,7-,10-;;/m1../s1. The quantitative estimate of drug-likeness (QED) is 0.261. The van der Waals surface area contributed by atoms with E-state index in [1.165, 1.54) is 17.2 Å². The van der Waals surface area contributed by atoms with Gasteiger partial charge >= 0.3 is 7.82 Å². The first kappa shape index (κ1) is 22.3. The number of nitrogen functional groups attached to an aromatic ring is 1. The van der Waals surface area contributed by atoms with E-state index in [1.54, 1.807) is 0 Å². The van der Waals surface area contributed by atoms with Crippen LogP contribution in [0.25, 0.3) is 11.2 Å². The minimum absolute atomic E-state index is 0. The number of ether oxygens (including phenoxy) is 1. The zero-order chi connectivity index (χ0) is 16.8. The zero-order valence-electron chi connectivity index (χ0n) is 13.0. The van der Waals surface area contributed by atoms with Crippen LogP contribution < -0.4 is 5.73 Å². The molecular weight excluding hydrogens is 372 g/mol. The molecule has 0 aliphatic carbocycles. The fourth-order valence-electron chi connectivity index (χ4n) is 2.44. The number of aliphatic hydroxyl groups excluding tert-OH is 2. The molecule has 0 bridgehead atoms. The third-order valence-corrected chi connectivity index (χ3v) is 3.93. The molecule has 135 valence electrons. The van der Waals surface area contributed by atoms with Crippen LogP contribution in [0.15, 0.2) is 12.7 Å². The van der Waals surface area contributed by atoms with Gasteiger partial charge in [0.25, 0.3) is 0 Å². The van der Waals surface area contributed by atoms with Gasteiger partial charge in [0.15, 0.2) is 17.7 Å². The van der Waals surface area contributed by atoms with Crippen LogP contribution in [0, 0.1) is 0 Å². The molecule has 1 aliphatic rings. The van der Waals surface area contributed by atoms with Crippen LogP contribution in [0.3, 0.4) is 0 Å². The average molecular weight is 388 g/mol. The maximum absolute atomic E-state index is 11.0. The molecule has 0 saturated carbocycles. The smallest absolute Gasteiger partial charge is 0.412 e. The van der Waals surface area contributed by atoms with Crippen LogP contribution in [-0.2, 0) is 13.8 Å². The first-order chi connectivity index (χ1) is 10.8. The molecule has 2 aromatic rings. The fourth-order valence-corrected chi connectivity index (χ4v) is 3.02. The van der Waals surface area contributed by atoms with Gasteiger partial charge in [0.1, 0.15) is 30.2 Å². The summed E-state index contributed by atoms with van der Waals surface area (Å²) < 4.78 is 22.3. The normalized spacial score (nSPS) is 26.2. The Labute approximate surface area is 162 Å². The Balaban J connectivity index is 0.00000156. The summed E-state index contributed by atoms with van der Waals surface area (Å²) in [6.07, 6.45) is -2.68. The number of hydrogen-bond acceptors (Lipinski definition) is 9. The molecule has 25 heavy (non-hydrogen) atoms. The van der Waals surface area contributed by atoms with Crippen LogP contribution in [0.4, 0.5) is 5.82 Å². The Kier molecular flexibility index (Phi) is 7.44. The van der Waals surface area contributed by atoms with E-state index >= 15 is 0 Å². The molecule has 3 rings (SSSR count). The van der Waals surface area contributed by atoms with Gasteiger partial charge in [-0.2, -0.15) is 0 Å². The minimum Gasteiger partial charge on any atom is -0.412 e. The van der Waals surface area contributed by atoms with E-state index in [-0.39, 0.29) is 52.0 Å². The van der Waals surface area contributed by atoms with Gasteiger partial charge in [0.05, 0.1) is 12.9 Å². The van der Waals surface area contributed by atoms with Gasteiger partial charge in [-0.15, -0.1) is 0 Å². The number of aromatic nitrogens is 4. The van der Waals surface area contributed by atoms with Gasteiger partial charge in [0, 0.05) is 29.6 Å². The predicted octanol–water partition coefficient (Wildman–Crippen LogP) is -3.07. The second kappa shape index (κ2) is 8.33. The Bertz CT molecular complexity index is 771. The number of phosphoric ester groups is 1. The largest absolute Gasteiger partial charge is 0.470 e. The van der Waals surface area contributed by atoms with Gasteiger partial charge < -0.3 is 35.9 Å². The Morgan fingerprint density at radius 2 is 2.04 bits per heavy atom. The third-order valence-electron chi connectivity index (χ3n) is 3.41. The van der Waals surface area contributed by atoms with E-state index in [2.05, 4.69) is 19.5 Å². The molecule has 3 heterocycles. The number of nitrogens with zero attached hydrogens (tertiary/aromatic N) is 4. The van der Waals surface area contributed by atoms with Crippen molar-refractivity contribution >= 4 is 54.4 Å². The molecule has 2 aromatic heterocycles. The molecule has 0 spiro atoms. The van der Waals surface area contributed by atoms with Crippen LogP contribution in [-0.4, -0.2) is 99.5 Å². The monoisotopic (exact) mass is 388 g/mol. The summed E-state index contributed by atoms with van der Waals surface area (Å²) in [5, 5.41) is 19.6. The first-order valence-corrected chi connectivity index (χ1v) is 7.96. The molecule has 13 nitrogen and oxygen atoms in total. The van der Waals surface area contributed by atoms with Gasteiger partial charge in [-0.25, -0.2) is 19.5 Å². The molecule has 1 aliphatic heterocycles. The van der Waals surface area contributed by atoms with E-state index in [1.807, 2.05) is 0 Å². The van der Waals surface area contributed by atoms with Gasteiger partial charge in [0.2, 0.25) is 0 Å². The summed E-state index contributed by atoms with van der Waals surface area (Å²) in [5.41, 5.74) is 6.21. The summed E-state index contributed by atoms with van der Waals surface area (Å²) in [5.74, 6) is 0.128. The number of aliphatic hydroxyl groups is 2. The third kappa shape index (κ3) is 4.35. The summed E-state index contributed by atoms with van der Waals surface area (Å²) in [7, 11) is -4.88. The minimum atomic E-state index is -4.88. The topological polar surface area (TPSA) is 218 Å². The van der Waals surface area contributed by atoms with Gasteiger partial charge in [-0.3, -0.25) is 9.09 Å². The van der Waals surface area contributed by atoms with Crippen molar-refractivity contribution in [2.45, 2.75) is 24.5 Å². The molecule has 0 amide bonds. The second-order valence-electron chi connectivity index (χ2n) is 4.88. The van der Waals surface area contributed by atoms with Crippen molar-refractivity contribution in [3.8, 4) is 0 Å². The number of phosphoric acid groups is 1. The summed E-state index contributed by atoms with van der Waals surface area (Å²) >= 11 is 0. The SMILES string of the molecule is Nc1ncnc2c1ncn2[C@@H]1O[C@H](CO)[C@@H](OP(=O)(O)O)[C@H]1O.O.[Na]. The predicted molar refractivity (Wildman–Crippen MR) is 83.0 cm³/mol.